The standard InChI is InChI=1S/C5H6F4OS2/c6-4(7)11-1-3(10)2-12-5(8)9/h4-5H,1-2H2. The van der Waals surface area contributed by atoms with Gasteiger partial charge in [-0.3, -0.25) is 4.79 Å². The number of ketones is 1. The molecule has 0 aliphatic carbocycles. The van der Waals surface area contributed by atoms with Gasteiger partial charge in [-0.2, -0.15) is 17.6 Å². The third kappa shape index (κ3) is 8.19. The average Bonchev–Trinajstić information content (AvgIpc) is 1.96. The van der Waals surface area contributed by atoms with Crippen LogP contribution in [0.3, 0.4) is 0 Å². The minimum absolute atomic E-state index is 0.150. The highest BCUT2D eigenvalue weighted by Gasteiger charge is 2.11. The molecular weight excluding hydrogens is 216 g/mol. The van der Waals surface area contributed by atoms with Gasteiger partial charge in [0.1, 0.15) is 0 Å². The molecule has 0 saturated heterocycles. The van der Waals surface area contributed by atoms with Gasteiger partial charge in [0.2, 0.25) is 0 Å². The summed E-state index contributed by atoms with van der Waals surface area (Å²) >= 11 is 0.300. The van der Waals surface area contributed by atoms with Crippen LogP contribution in [0.5, 0.6) is 0 Å². The molecular formula is C5H6F4OS2. The van der Waals surface area contributed by atoms with E-state index in [0.29, 0.717) is 0 Å². The Morgan fingerprint density at radius 3 is 1.58 bits per heavy atom. The molecule has 0 aliphatic heterocycles. The van der Waals surface area contributed by atoms with E-state index in [1.54, 1.807) is 0 Å². The molecule has 0 atom stereocenters. The van der Waals surface area contributed by atoms with Crippen LogP contribution in [0.25, 0.3) is 0 Å². The van der Waals surface area contributed by atoms with Gasteiger partial charge in [0.05, 0.1) is 11.5 Å². The maximum Gasteiger partial charge on any atom is 0.284 e. The lowest BCUT2D eigenvalue weighted by atomic mass is 10.5. The maximum atomic E-state index is 11.4. The fourth-order valence-corrected chi connectivity index (χ4v) is 1.31. The van der Waals surface area contributed by atoms with E-state index in [0.717, 1.165) is 0 Å². The van der Waals surface area contributed by atoms with Gasteiger partial charge in [0.25, 0.3) is 11.5 Å². The Morgan fingerprint density at radius 2 is 1.33 bits per heavy atom. The first-order chi connectivity index (χ1) is 5.52. The predicted octanol–water partition coefficient (Wildman–Crippen LogP) is 2.47. The number of Topliss-reactive ketones (excluding diaryl/α,β-unsaturated/α-hetero) is 1. The summed E-state index contributed by atoms with van der Waals surface area (Å²) in [6, 6.07) is 0. The second kappa shape index (κ2) is 6.59. The number of thioether (sulfide) groups is 2. The van der Waals surface area contributed by atoms with E-state index in [1.807, 2.05) is 0 Å². The molecule has 0 N–H and O–H groups in total. The molecule has 0 aromatic heterocycles. The van der Waals surface area contributed by atoms with Gasteiger partial charge in [-0.15, -0.1) is 0 Å². The molecule has 7 heteroatoms. The molecule has 0 radical (unpaired) electrons. The van der Waals surface area contributed by atoms with Gasteiger partial charge in [0, 0.05) is 0 Å². The number of hydrogen-bond acceptors (Lipinski definition) is 3. The van der Waals surface area contributed by atoms with Crippen molar-refractivity contribution in [1.82, 2.24) is 0 Å². The monoisotopic (exact) mass is 222 g/mol. The van der Waals surface area contributed by atoms with Gasteiger partial charge in [-0.05, 0) is 0 Å². The summed E-state index contributed by atoms with van der Waals surface area (Å²) in [5, 5.41) is 0. The molecule has 1 nitrogen and oxygen atoms in total. The predicted molar refractivity (Wildman–Crippen MR) is 41.9 cm³/mol. The van der Waals surface area contributed by atoms with Crippen molar-refractivity contribution in [2.75, 3.05) is 11.5 Å². The summed E-state index contributed by atoms with van der Waals surface area (Å²) in [5.74, 6) is -6.64. The Balaban J connectivity index is 3.34. The second-order valence-corrected chi connectivity index (χ2v) is 3.64. The van der Waals surface area contributed by atoms with E-state index >= 15 is 0 Å². The summed E-state index contributed by atoms with van der Waals surface area (Å²) < 4.78 is 45.8. The van der Waals surface area contributed by atoms with Crippen molar-refractivity contribution in [1.29, 1.82) is 0 Å². The van der Waals surface area contributed by atoms with Crippen molar-refractivity contribution in [3.8, 4) is 0 Å². The number of alkyl halides is 4. The minimum Gasteiger partial charge on any atom is -0.298 e. The summed E-state index contributed by atoms with van der Waals surface area (Å²) in [7, 11) is 0. The molecule has 0 bridgehead atoms. The summed E-state index contributed by atoms with van der Waals surface area (Å²) in [6.07, 6.45) is 0. The SMILES string of the molecule is O=C(CSC(F)F)CSC(F)F. The van der Waals surface area contributed by atoms with Crippen molar-refractivity contribution in [3.05, 3.63) is 0 Å². The molecule has 0 aliphatic rings. The lowest BCUT2D eigenvalue weighted by Gasteiger charge is -1.99. The zero-order chi connectivity index (χ0) is 9.56. The van der Waals surface area contributed by atoms with Crippen LogP contribution in [0.2, 0.25) is 0 Å². The van der Waals surface area contributed by atoms with E-state index in [-0.39, 0.29) is 23.5 Å². The van der Waals surface area contributed by atoms with Crippen molar-refractivity contribution in [2.45, 2.75) is 11.5 Å². The molecule has 72 valence electrons. The molecule has 0 saturated carbocycles. The first-order valence-electron chi connectivity index (χ1n) is 2.83. The van der Waals surface area contributed by atoms with Gasteiger partial charge < -0.3 is 0 Å². The molecule has 0 fully saturated rings. The van der Waals surface area contributed by atoms with Crippen molar-refractivity contribution < 1.29 is 22.4 Å². The topological polar surface area (TPSA) is 17.1 Å². The van der Waals surface area contributed by atoms with Crippen LogP contribution in [0, 0.1) is 0 Å². The Labute approximate surface area is 75.3 Å². The number of rotatable bonds is 6. The van der Waals surface area contributed by atoms with Gasteiger partial charge in [0.15, 0.2) is 5.78 Å². The van der Waals surface area contributed by atoms with E-state index in [2.05, 4.69) is 0 Å². The van der Waals surface area contributed by atoms with Gasteiger partial charge >= 0.3 is 0 Å². The lowest BCUT2D eigenvalue weighted by molar-refractivity contribution is -0.114. The van der Waals surface area contributed by atoms with Crippen LogP contribution >= 0.6 is 23.5 Å². The molecule has 0 aromatic carbocycles. The number of hydrogen-bond donors (Lipinski definition) is 0. The summed E-state index contributed by atoms with van der Waals surface area (Å²) in [4.78, 5) is 10.5. The molecule has 0 unspecified atom stereocenters. The van der Waals surface area contributed by atoms with Crippen molar-refractivity contribution in [3.63, 3.8) is 0 Å². The minimum atomic E-state index is -2.62. The van der Waals surface area contributed by atoms with Crippen molar-refractivity contribution in [2.24, 2.45) is 0 Å². The average molecular weight is 222 g/mol. The maximum absolute atomic E-state index is 11.4. The zero-order valence-corrected chi connectivity index (χ0v) is 7.44. The molecule has 12 heavy (non-hydrogen) atoms. The zero-order valence-electron chi connectivity index (χ0n) is 5.81. The van der Waals surface area contributed by atoms with E-state index in [9.17, 15) is 22.4 Å². The van der Waals surface area contributed by atoms with Crippen LogP contribution < -0.4 is 0 Å². The quantitative estimate of drug-likeness (QED) is 0.643. The number of carbonyl (C=O) groups is 1. The Kier molecular flexibility index (Phi) is 6.64. The van der Waals surface area contributed by atoms with E-state index in [4.69, 9.17) is 0 Å². The molecule has 0 rings (SSSR count). The third-order valence-electron chi connectivity index (χ3n) is 0.741. The first kappa shape index (κ1) is 12.1. The largest absolute Gasteiger partial charge is 0.298 e. The van der Waals surface area contributed by atoms with Gasteiger partial charge in [-0.1, -0.05) is 23.5 Å². The lowest BCUT2D eigenvalue weighted by Crippen LogP contribution is -2.07. The normalized spacial score (nSPS) is 11.2. The Hall–Kier alpha value is 0.0900. The highest BCUT2D eigenvalue weighted by Crippen LogP contribution is 2.17. The van der Waals surface area contributed by atoms with Gasteiger partial charge in [-0.25, -0.2) is 0 Å². The molecule has 0 aromatic rings. The van der Waals surface area contributed by atoms with E-state index < -0.39 is 28.8 Å². The second-order valence-electron chi connectivity index (χ2n) is 1.68. The molecule has 0 spiro atoms. The fraction of sp³-hybridized carbons (Fsp3) is 0.800. The summed E-state index contributed by atoms with van der Waals surface area (Å²) in [5.41, 5.74) is 0. The van der Waals surface area contributed by atoms with Crippen LogP contribution in [0.1, 0.15) is 0 Å². The molecule has 0 amide bonds. The smallest absolute Gasteiger partial charge is 0.284 e. The first-order valence-corrected chi connectivity index (χ1v) is 4.93. The van der Waals surface area contributed by atoms with Crippen LogP contribution in [0.15, 0.2) is 0 Å². The van der Waals surface area contributed by atoms with Crippen LogP contribution in [-0.4, -0.2) is 28.8 Å². The van der Waals surface area contributed by atoms with Crippen molar-refractivity contribution >= 4 is 29.3 Å². The Morgan fingerprint density at radius 1 is 1.00 bits per heavy atom. The van der Waals surface area contributed by atoms with Crippen LogP contribution in [0.4, 0.5) is 17.6 Å². The number of carbonyl (C=O) groups excluding carboxylic acids is 1. The highest BCUT2D eigenvalue weighted by molar-refractivity contribution is 8.01. The fourth-order valence-electron chi connectivity index (χ4n) is 0.354. The molecule has 0 heterocycles. The third-order valence-corrected chi connectivity index (χ3v) is 2.22. The number of halogens is 4. The van der Waals surface area contributed by atoms with Crippen LogP contribution in [-0.2, 0) is 4.79 Å². The summed E-state index contributed by atoms with van der Waals surface area (Å²) in [6.45, 7) is 0. The highest BCUT2D eigenvalue weighted by atomic mass is 32.2. The van der Waals surface area contributed by atoms with E-state index in [1.165, 1.54) is 0 Å². The Bertz CT molecular complexity index is 127.